The average molecular weight is 238 g/mol. The first-order chi connectivity index (χ1) is 6.57. The minimum atomic E-state index is -2.43. The molecule has 1 saturated carbocycles. The van der Waals surface area contributed by atoms with Gasteiger partial charge in [-0.1, -0.05) is 11.6 Å². The van der Waals surface area contributed by atoms with Crippen LogP contribution < -0.4 is 5.32 Å². The van der Waals surface area contributed by atoms with Gasteiger partial charge in [-0.3, -0.25) is 0 Å². The van der Waals surface area contributed by atoms with Crippen molar-refractivity contribution in [2.75, 3.05) is 11.9 Å². The predicted octanol–water partition coefficient (Wildman–Crippen LogP) is 3.86. The topological polar surface area (TPSA) is 12.0 Å². The fraction of sp³-hybridized carbons (Fsp3) is 0.556. The van der Waals surface area contributed by atoms with Gasteiger partial charge in [0.15, 0.2) is 0 Å². The van der Waals surface area contributed by atoms with Crippen molar-refractivity contribution in [1.82, 2.24) is 0 Å². The number of halogens is 3. The van der Waals surface area contributed by atoms with Crippen molar-refractivity contribution >= 4 is 28.6 Å². The highest BCUT2D eigenvalue weighted by molar-refractivity contribution is 7.15. The molecule has 0 atom stereocenters. The Morgan fingerprint density at radius 2 is 2.29 bits per heavy atom. The van der Waals surface area contributed by atoms with Crippen LogP contribution in [0.1, 0.15) is 12.8 Å². The van der Waals surface area contributed by atoms with Crippen molar-refractivity contribution in [2.45, 2.75) is 18.8 Å². The lowest BCUT2D eigenvalue weighted by Gasteiger charge is -2.35. The summed E-state index contributed by atoms with van der Waals surface area (Å²) in [6.45, 7) is 0.589. The van der Waals surface area contributed by atoms with Crippen LogP contribution in [0, 0.1) is 5.92 Å². The molecule has 1 aromatic heterocycles. The molecular weight excluding hydrogens is 228 g/mol. The SMILES string of the molecule is FC1(F)CC(CNc2ccsc2Cl)C1. The average Bonchev–Trinajstić information content (AvgIpc) is 2.44. The number of anilines is 1. The van der Waals surface area contributed by atoms with Gasteiger partial charge in [0.05, 0.1) is 5.69 Å². The molecule has 14 heavy (non-hydrogen) atoms. The van der Waals surface area contributed by atoms with Crippen LogP contribution in [0.2, 0.25) is 4.34 Å². The molecule has 1 aromatic rings. The zero-order valence-electron chi connectivity index (χ0n) is 7.40. The summed E-state index contributed by atoms with van der Waals surface area (Å²) in [5.41, 5.74) is 0.854. The summed E-state index contributed by atoms with van der Waals surface area (Å²) in [6.07, 6.45) is 0.00348. The molecule has 0 unspecified atom stereocenters. The quantitative estimate of drug-likeness (QED) is 0.842. The number of alkyl halides is 2. The smallest absolute Gasteiger partial charge is 0.248 e. The fourth-order valence-corrected chi connectivity index (χ4v) is 2.48. The van der Waals surface area contributed by atoms with Crippen LogP contribution in [0.15, 0.2) is 11.4 Å². The van der Waals surface area contributed by atoms with Gasteiger partial charge in [-0.25, -0.2) is 8.78 Å². The van der Waals surface area contributed by atoms with E-state index in [0.29, 0.717) is 10.9 Å². The van der Waals surface area contributed by atoms with E-state index in [0.717, 1.165) is 5.69 Å². The highest BCUT2D eigenvalue weighted by Gasteiger charge is 2.44. The lowest BCUT2D eigenvalue weighted by molar-refractivity contribution is -0.106. The summed E-state index contributed by atoms with van der Waals surface area (Å²) < 4.78 is 25.7. The van der Waals surface area contributed by atoms with Gasteiger partial charge >= 0.3 is 0 Å². The number of rotatable bonds is 3. The Hall–Kier alpha value is -0.350. The van der Waals surface area contributed by atoms with Gasteiger partial charge in [0.1, 0.15) is 4.34 Å². The first kappa shape index (κ1) is 10.2. The monoisotopic (exact) mass is 237 g/mol. The lowest BCUT2D eigenvalue weighted by Crippen LogP contribution is -2.39. The third-order valence-electron chi connectivity index (χ3n) is 2.37. The van der Waals surface area contributed by atoms with Crippen LogP contribution >= 0.6 is 22.9 Å². The molecule has 0 aliphatic heterocycles. The van der Waals surface area contributed by atoms with E-state index in [1.54, 1.807) is 0 Å². The molecule has 2 rings (SSSR count). The van der Waals surface area contributed by atoms with E-state index in [1.807, 2.05) is 11.4 Å². The van der Waals surface area contributed by atoms with E-state index in [-0.39, 0.29) is 18.8 Å². The van der Waals surface area contributed by atoms with Gasteiger partial charge in [0.25, 0.3) is 0 Å². The number of hydrogen-bond donors (Lipinski definition) is 1. The largest absolute Gasteiger partial charge is 0.383 e. The third-order valence-corrected chi connectivity index (χ3v) is 3.54. The van der Waals surface area contributed by atoms with Crippen molar-refractivity contribution in [3.8, 4) is 0 Å². The molecule has 0 spiro atoms. The molecule has 0 bridgehead atoms. The molecule has 0 radical (unpaired) electrons. The summed E-state index contributed by atoms with van der Waals surface area (Å²) in [5.74, 6) is -2.34. The van der Waals surface area contributed by atoms with E-state index >= 15 is 0 Å². The Morgan fingerprint density at radius 1 is 1.57 bits per heavy atom. The Balaban J connectivity index is 1.77. The Kier molecular flexibility index (Phi) is 2.66. The van der Waals surface area contributed by atoms with Gasteiger partial charge in [0.2, 0.25) is 5.92 Å². The van der Waals surface area contributed by atoms with Crippen molar-refractivity contribution < 1.29 is 8.78 Å². The Labute approximate surface area is 90.1 Å². The molecule has 5 heteroatoms. The van der Waals surface area contributed by atoms with Crippen LogP contribution in [0.5, 0.6) is 0 Å². The maximum Gasteiger partial charge on any atom is 0.248 e. The minimum Gasteiger partial charge on any atom is -0.383 e. The summed E-state index contributed by atoms with van der Waals surface area (Å²) in [6, 6.07) is 1.86. The molecule has 1 N–H and O–H groups in total. The highest BCUT2D eigenvalue weighted by Crippen LogP contribution is 2.42. The maximum absolute atomic E-state index is 12.5. The second kappa shape index (κ2) is 3.66. The van der Waals surface area contributed by atoms with Crippen LogP contribution in [0.4, 0.5) is 14.5 Å². The molecule has 1 aliphatic carbocycles. The molecule has 1 fully saturated rings. The van der Waals surface area contributed by atoms with E-state index in [2.05, 4.69) is 5.32 Å². The Bertz CT molecular complexity index is 318. The molecular formula is C9H10ClF2NS. The second-order valence-corrected chi connectivity index (χ2v) is 5.14. The number of nitrogens with one attached hydrogen (secondary N) is 1. The Morgan fingerprint density at radius 3 is 2.79 bits per heavy atom. The summed E-state index contributed by atoms with van der Waals surface area (Å²) in [4.78, 5) is 0. The lowest BCUT2D eigenvalue weighted by atomic mass is 9.81. The number of thiophene rings is 1. The fourth-order valence-electron chi connectivity index (χ4n) is 1.60. The van der Waals surface area contributed by atoms with Crippen LogP contribution in [-0.4, -0.2) is 12.5 Å². The van der Waals surface area contributed by atoms with Crippen molar-refractivity contribution in [2.24, 2.45) is 5.92 Å². The number of hydrogen-bond acceptors (Lipinski definition) is 2. The van der Waals surface area contributed by atoms with E-state index < -0.39 is 5.92 Å². The zero-order chi connectivity index (χ0) is 10.2. The van der Waals surface area contributed by atoms with Gasteiger partial charge in [-0.2, -0.15) is 0 Å². The van der Waals surface area contributed by atoms with Gasteiger partial charge in [-0.05, 0) is 17.4 Å². The van der Waals surface area contributed by atoms with Crippen molar-refractivity contribution in [3.63, 3.8) is 0 Å². The third kappa shape index (κ3) is 2.17. The molecule has 78 valence electrons. The molecule has 1 aliphatic rings. The standard InChI is InChI=1S/C9H10ClF2NS/c10-8-7(1-2-14-8)13-5-6-3-9(11,12)4-6/h1-2,6,13H,3-5H2. The molecule has 0 aromatic carbocycles. The first-order valence-electron chi connectivity index (χ1n) is 4.41. The summed E-state index contributed by atoms with van der Waals surface area (Å²) in [5, 5.41) is 4.95. The van der Waals surface area contributed by atoms with Crippen LogP contribution in [-0.2, 0) is 0 Å². The normalized spacial score (nSPS) is 20.5. The summed E-state index contributed by atoms with van der Waals surface area (Å²) >= 11 is 7.28. The zero-order valence-corrected chi connectivity index (χ0v) is 8.97. The van der Waals surface area contributed by atoms with Crippen LogP contribution in [0.25, 0.3) is 0 Å². The molecule has 0 saturated heterocycles. The van der Waals surface area contributed by atoms with Crippen molar-refractivity contribution in [3.05, 3.63) is 15.8 Å². The van der Waals surface area contributed by atoms with Gasteiger partial charge in [0, 0.05) is 19.4 Å². The maximum atomic E-state index is 12.5. The van der Waals surface area contributed by atoms with Crippen molar-refractivity contribution in [1.29, 1.82) is 0 Å². The molecule has 1 heterocycles. The highest BCUT2D eigenvalue weighted by atomic mass is 35.5. The van der Waals surface area contributed by atoms with Gasteiger partial charge < -0.3 is 5.32 Å². The first-order valence-corrected chi connectivity index (χ1v) is 5.67. The van der Waals surface area contributed by atoms with Crippen LogP contribution in [0.3, 0.4) is 0 Å². The second-order valence-electron chi connectivity index (χ2n) is 3.62. The van der Waals surface area contributed by atoms with E-state index in [9.17, 15) is 8.78 Å². The van der Waals surface area contributed by atoms with Gasteiger partial charge in [-0.15, -0.1) is 11.3 Å². The molecule has 0 amide bonds. The summed E-state index contributed by atoms with van der Waals surface area (Å²) in [7, 11) is 0. The van der Waals surface area contributed by atoms with E-state index in [1.165, 1.54) is 11.3 Å². The minimum absolute atomic E-state index is 0.00174. The predicted molar refractivity (Wildman–Crippen MR) is 55.5 cm³/mol. The van der Waals surface area contributed by atoms with E-state index in [4.69, 9.17) is 11.6 Å². The molecule has 1 nitrogen and oxygen atoms in total.